The fourth-order valence-corrected chi connectivity index (χ4v) is 2.65. The van der Waals surface area contributed by atoms with Crippen LogP contribution in [0.3, 0.4) is 0 Å². The number of nitrogens with zero attached hydrogens (tertiary/aromatic N) is 2. The third-order valence-corrected chi connectivity index (χ3v) is 4.16. The van der Waals surface area contributed by atoms with Gasteiger partial charge in [-0.05, 0) is 12.5 Å². The van der Waals surface area contributed by atoms with Gasteiger partial charge in [-0.3, -0.25) is 4.68 Å². The molecule has 4 heteroatoms. The van der Waals surface area contributed by atoms with Crippen LogP contribution < -0.4 is 5.32 Å². The van der Waals surface area contributed by atoms with Gasteiger partial charge < -0.3 is 10.1 Å². The average Bonchev–Trinajstić information content (AvgIpc) is 2.68. The highest BCUT2D eigenvalue weighted by Crippen LogP contribution is 2.42. The first-order chi connectivity index (χ1) is 8.05. The number of aryl methyl sites for hydroxylation is 1. The molecule has 1 heterocycles. The molecular formula is C13H23N3O. The molecule has 0 radical (unpaired) electrons. The Morgan fingerprint density at radius 2 is 2.35 bits per heavy atom. The summed E-state index contributed by atoms with van der Waals surface area (Å²) in [5.74, 6) is 0. The zero-order valence-corrected chi connectivity index (χ0v) is 11.2. The summed E-state index contributed by atoms with van der Waals surface area (Å²) < 4.78 is 7.38. The molecule has 1 aromatic rings. The third kappa shape index (κ3) is 2.38. The summed E-state index contributed by atoms with van der Waals surface area (Å²) in [7, 11) is 3.79. The molecule has 0 amide bonds. The van der Waals surface area contributed by atoms with Gasteiger partial charge in [0.2, 0.25) is 0 Å². The molecule has 2 unspecified atom stereocenters. The van der Waals surface area contributed by atoms with E-state index >= 15 is 0 Å². The average molecular weight is 237 g/mol. The molecule has 0 saturated heterocycles. The Balaban J connectivity index is 1.76. The summed E-state index contributed by atoms with van der Waals surface area (Å²) in [6, 6.07) is 2.65. The molecule has 0 spiro atoms. The van der Waals surface area contributed by atoms with Gasteiger partial charge in [-0.2, -0.15) is 5.10 Å². The van der Waals surface area contributed by atoms with E-state index in [1.165, 1.54) is 5.69 Å². The van der Waals surface area contributed by atoms with Crippen LogP contribution in [0.5, 0.6) is 0 Å². The van der Waals surface area contributed by atoms with E-state index in [1.807, 2.05) is 17.9 Å². The van der Waals surface area contributed by atoms with Crippen LogP contribution in [0.25, 0.3) is 0 Å². The smallest absolute Gasteiger partial charge is 0.0652 e. The summed E-state index contributed by atoms with van der Waals surface area (Å²) >= 11 is 0. The third-order valence-electron chi connectivity index (χ3n) is 4.16. The molecule has 0 bridgehead atoms. The van der Waals surface area contributed by atoms with Crippen molar-refractivity contribution in [3.63, 3.8) is 0 Å². The topological polar surface area (TPSA) is 39.1 Å². The number of nitrogens with one attached hydrogen (secondary N) is 1. The minimum absolute atomic E-state index is 0.251. The molecule has 4 nitrogen and oxygen atoms in total. The van der Waals surface area contributed by atoms with Crippen molar-refractivity contribution in [3.05, 3.63) is 18.0 Å². The second kappa shape index (κ2) is 4.78. The Morgan fingerprint density at radius 3 is 2.88 bits per heavy atom. The Bertz CT molecular complexity index is 372. The summed E-state index contributed by atoms with van der Waals surface area (Å²) in [6.45, 7) is 5.54. The number of ether oxygens (including phenoxy) is 1. The number of rotatable bonds is 5. The minimum atomic E-state index is 0.251. The Labute approximate surface area is 103 Å². The Morgan fingerprint density at radius 1 is 1.59 bits per heavy atom. The van der Waals surface area contributed by atoms with E-state index in [4.69, 9.17) is 4.74 Å². The molecule has 0 aliphatic heterocycles. The first-order valence-electron chi connectivity index (χ1n) is 6.28. The fourth-order valence-electron chi connectivity index (χ4n) is 2.65. The summed E-state index contributed by atoms with van der Waals surface area (Å²) in [5, 5.41) is 7.79. The van der Waals surface area contributed by atoms with Gasteiger partial charge in [0.1, 0.15) is 0 Å². The van der Waals surface area contributed by atoms with E-state index in [0.29, 0.717) is 12.1 Å². The quantitative estimate of drug-likeness (QED) is 0.840. The number of hydrogen-bond acceptors (Lipinski definition) is 3. The van der Waals surface area contributed by atoms with Crippen molar-refractivity contribution in [3.8, 4) is 0 Å². The van der Waals surface area contributed by atoms with Crippen LogP contribution in [0.1, 0.15) is 26.0 Å². The van der Waals surface area contributed by atoms with Crippen molar-refractivity contribution in [2.45, 2.75) is 38.8 Å². The van der Waals surface area contributed by atoms with Gasteiger partial charge in [0, 0.05) is 50.5 Å². The van der Waals surface area contributed by atoms with Crippen LogP contribution in [-0.2, 0) is 18.2 Å². The molecule has 1 aromatic heterocycles. The minimum Gasteiger partial charge on any atom is -0.381 e. The van der Waals surface area contributed by atoms with Gasteiger partial charge in [0.05, 0.1) is 6.10 Å². The molecule has 2 atom stereocenters. The normalized spacial score (nSPS) is 26.8. The molecule has 1 aliphatic rings. The maximum atomic E-state index is 5.45. The van der Waals surface area contributed by atoms with Gasteiger partial charge in [0.15, 0.2) is 0 Å². The molecule has 17 heavy (non-hydrogen) atoms. The van der Waals surface area contributed by atoms with Crippen molar-refractivity contribution in [1.82, 2.24) is 15.1 Å². The summed E-state index contributed by atoms with van der Waals surface area (Å²) in [4.78, 5) is 0. The van der Waals surface area contributed by atoms with Crippen LogP contribution in [0.2, 0.25) is 0 Å². The molecular weight excluding hydrogens is 214 g/mol. The van der Waals surface area contributed by atoms with Gasteiger partial charge in [-0.15, -0.1) is 0 Å². The van der Waals surface area contributed by atoms with Crippen molar-refractivity contribution < 1.29 is 4.74 Å². The molecule has 0 aromatic carbocycles. The summed E-state index contributed by atoms with van der Waals surface area (Å²) in [6.07, 6.45) is 4.40. The Kier molecular flexibility index (Phi) is 3.54. The second-order valence-electron chi connectivity index (χ2n) is 5.48. The van der Waals surface area contributed by atoms with Gasteiger partial charge >= 0.3 is 0 Å². The number of aromatic nitrogens is 2. The lowest BCUT2D eigenvalue weighted by atomic mass is 9.64. The van der Waals surface area contributed by atoms with E-state index in [2.05, 4.69) is 30.3 Å². The van der Waals surface area contributed by atoms with E-state index in [0.717, 1.165) is 19.4 Å². The molecule has 96 valence electrons. The van der Waals surface area contributed by atoms with Crippen molar-refractivity contribution in [1.29, 1.82) is 0 Å². The number of hydrogen-bond donors (Lipinski definition) is 1. The van der Waals surface area contributed by atoms with E-state index < -0.39 is 0 Å². The molecule has 1 N–H and O–H groups in total. The lowest BCUT2D eigenvalue weighted by Gasteiger charge is -2.51. The first kappa shape index (κ1) is 12.6. The molecule has 2 rings (SSSR count). The highest BCUT2D eigenvalue weighted by atomic mass is 16.5. The van der Waals surface area contributed by atoms with Crippen LogP contribution in [0.15, 0.2) is 12.3 Å². The first-order valence-corrected chi connectivity index (χ1v) is 6.28. The monoisotopic (exact) mass is 237 g/mol. The zero-order valence-electron chi connectivity index (χ0n) is 11.2. The summed E-state index contributed by atoms with van der Waals surface area (Å²) in [5.41, 5.74) is 1.53. The number of methoxy groups -OCH3 is 1. The predicted octanol–water partition coefficient (Wildman–Crippen LogP) is 1.37. The van der Waals surface area contributed by atoms with Crippen LogP contribution >= 0.6 is 0 Å². The predicted molar refractivity (Wildman–Crippen MR) is 67.9 cm³/mol. The van der Waals surface area contributed by atoms with Crippen molar-refractivity contribution in [2.24, 2.45) is 12.5 Å². The lowest BCUT2D eigenvalue weighted by molar-refractivity contribution is -0.0971. The fraction of sp³-hybridized carbons (Fsp3) is 0.769. The maximum Gasteiger partial charge on any atom is 0.0652 e. The largest absolute Gasteiger partial charge is 0.381 e. The van der Waals surface area contributed by atoms with E-state index in [-0.39, 0.29) is 5.41 Å². The van der Waals surface area contributed by atoms with Gasteiger partial charge in [-0.1, -0.05) is 13.8 Å². The van der Waals surface area contributed by atoms with Crippen molar-refractivity contribution >= 4 is 0 Å². The SMILES string of the molecule is COC1CC(NCCc2ccnn2C)C1(C)C. The zero-order chi connectivity index (χ0) is 12.5. The molecule has 1 saturated carbocycles. The van der Waals surface area contributed by atoms with Crippen LogP contribution in [0.4, 0.5) is 0 Å². The highest BCUT2D eigenvalue weighted by molar-refractivity contribution is 5.04. The molecule has 1 fully saturated rings. The molecule has 1 aliphatic carbocycles. The highest BCUT2D eigenvalue weighted by Gasteiger charge is 2.47. The van der Waals surface area contributed by atoms with Gasteiger partial charge in [-0.25, -0.2) is 0 Å². The van der Waals surface area contributed by atoms with Crippen LogP contribution in [0, 0.1) is 5.41 Å². The van der Waals surface area contributed by atoms with E-state index in [1.54, 1.807) is 7.11 Å². The Hall–Kier alpha value is -0.870. The maximum absolute atomic E-state index is 5.45. The van der Waals surface area contributed by atoms with Crippen LogP contribution in [-0.4, -0.2) is 35.6 Å². The standard InChI is InChI=1S/C13H23N3O/c1-13(2)11(9-12(13)17-4)14-7-5-10-6-8-15-16(10)3/h6,8,11-12,14H,5,7,9H2,1-4H3. The van der Waals surface area contributed by atoms with Gasteiger partial charge in [0.25, 0.3) is 0 Å². The van der Waals surface area contributed by atoms with Crippen molar-refractivity contribution in [2.75, 3.05) is 13.7 Å². The second-order valence-corrected chi connectivity index (χ2v) is 5.48. The van der Waals surface area contributed by atoms with E-state index in [9.17, 15) is 0 Å². The lowest BCUT2D eigenvalue weighted by Crippen LogP contribution is -2.60.